The zero-order valence-corrected chi connectivity index (χ0v) is 18.2. The van der Waals surface area contributed by atoms with Gasteiger partial charge in [-0.3, -0.25) is 0 Å². The lowest BCUT2D eigenvalue weighted by atomic mass is 10.0. The Morgan fingerprint density at radius 1 is 0.967 bits per heavy atom. The van der Waals surface area contributed by atoms with E-state index in [9.17, 15) is 4.79 Å². The van der Waals surface area contributed by atoms with Crippen molar-refractivity contribution in [2.45, 2.75) is 31.8 Å². The third-order valence-corrected chi connectivity index (χ3v) is 5.56. The summed E-state index contributed by atoms with van der Waals surface area (Å²) in [7, 11) is 6.48. The molecule has 1 aliphatic heterocycles. The Hall–Kier alpha value is -3.09. The number of nitrogens with zero attached hydrogens (tertiary/aromatic N) is 1. The zero-order chi connectivity index (χ0) is 21.7. The monoisotopic (exact) mass is 414 g/mol. The lowest BCUT2D eigenvalue weighted by molar-refractivity contribution is 0.188. The SMILES string of the molecule is COc1ccc(C(C)NC(=O)N2CCCC2c2ccc(OC)cc2OC)c(OC)c1. The summed E-state index contributed by atoms with van der Waals surface area (Å²) in [6.45, 7) is 2.64. The van der Waals surface area contributed by atoms with Crippen LogP contribution in [0.5, 0.6) is 23.0 Å². The average molecular weight is 415 g/mol. The van der Waals surface area contributed by atoms with Crippen LogP contribution in [0.1, 0.15) is 43.0 Å². The number of urea groups is 1. The van der Waals surface area contributed by atoms with E-state index in [1.807, 2.05) is 48.2 Å². The van der Waals surface area contributed by atoms with E-state index in [1.165, 1.54) is 0 Å². The minimum absolute atomic E-state index is 0.0455. The Kier molecular flexibility index (Phi) is 6.92. The first-order valence-electron chi connectivity index (χ1n) is 10.0. The number of carbonyl (C=O) groups is 1. The van der Waals surface area contributed by atoms with Crippen LogP contribution in [-0.2, 0) is 0 Å². The molecule has 0 spiro atoms. The maximum absolute atomic E-state index is 13.1. The molecule has 162 valence electrons. The molecule has 30 heavy (non-hydrogen) atoms. The molecule has 0 aliphatic carbocycles. The number of likely N-dealkylation sites (tertiary alicyclic amines) is 1. The topological polar surface area (TPSA) is 69.3 Å². The lowest BCUT2D eigenvalue weighted by Gasteiger charge is -2.28. The molecule has 2 aromatic carbocycles. The summed E-state index contributed by atoms with van der Waals surface area (Å²) >= 11 is 0. The van der Waals surface area contributed by atoms with Gasteiger partial charge in [-0.15, -0.1) is 0 Å². The van der Waals surface area contributed by atoms with Crippen molar-refractivity contribution < 1.29 is 23.7 Å². The quantitative estimate of drug-likeness (QED) is 0.730. The van der Waals surface area contributed by atoms with Crippen molar-refractivity contribution >= 4 is 6.03 Å². The molecule has 1 N–H and O–H groups in total. The molecule has 1 heterocycles. The van der Waals surface area contributed by atoms with Crippen LogP contribution in [0.4, 0.5) is 4.79 Å². The molecular formula is C23H30N2O5. The molecule has 1 fully saturated rings. The lowest BCUT2D eigenvalue weighted by Crippen LogP contribution is -2.40. The number of ether oxygens (including phenoxy) is 4. The van der Waals surface area contributed by atoms with Crippen molar-refractivity contribution in [3.8, 4) is 23.0 Å². The van der Waals surface area contributed by atoms with E-state index >= 15 is 0 Å². The third kappa shape index (κ3) is 4.40. The van der Waals surface area contributed by atoms with Crippen molar-refractivity contribution in [1.82, 2.24) is 10.2 Å². The van der Waals surface area contributed by atoms with E-state index in [-0.39, 0.29) is 18.1 Å². The molecule has 3 rings (SSSR count). The molecule has 2 atom stereocenters. The van der Waals surface area contributed by atoms with Crippen molar-refractivity contribution in [3.63, 3.8) is 0 Å². The molecule has 2 amide bonds. The Morgan fingerprint density at radius 2 is 1.60 bits per heavy atom. The normalized spacial score (nSPS) is 16.7. The first-order valence-corrected chi connectivity index (χ1v) is 10.0. The molecule has 2 aromatic rings. The molecule has 0 aromatic heterocycles. The summed E-state index contributed by atoms with van der Waals surface area (Å²) in [5.74, 6) is 2.84. The van der Waals surface area contributed by atoms with Gasteiger partial charge in [0, 0.05) is 29.8 Å². The van der Waals surface area contributed by atoms with Gasteiger partial charge in [0.1, 0.15) is 23.0 Å². The van der Waals surface area contributed by atoms with E-state index in [2.05, 4.69) is 5.32 Å². The average Bonchev–Trinajstić information content (AvgIpc) is 3.27. The highest BCUT2D eigenvalue weighted by atomic mass is 16.5. The first kappa shape index (κ1) is 21.6. The number of nitrogens with one attached hydrogen (secondary N) is 1. The summed E-state index contributed by atoms with van der Waals surface area (Å²) < 4.78 is 21.6. The van der Waals surface area contributed by atoms with Gasteiger partial charge in [0.05, 0.1) is 40.5 Å². The molecule has 2 unspecified atom stereocenters. The molecule has 1 aliphatic rings. The van der Waals surface area contributed by atoms with Gasteiger partial charge in [0.2, 0.25) is 0 Å². The van der Waals surface area contributed by atoms with Crippen LogP contribution < -0.4 is 24.3 Å². The fourth-order valence-corrected chi connectivity index (χ4v) is 3.95. The fraction of sp³-hybridized carbons (Fsp3) is 0.435. The molecule has 0 bridgehead atoms. The molecule has 0 radical (unpaired) electrons. The second-order valence-corrected chi connectivity index (χ2v) is 7.24. The van der Waals surface area contributed by atoms with Gasteiger partial charge >= 0.3 is 6.03 Å². The minimum Gasteiger partial charge on any atom is -0.497 e. The second kappa shape index (κ2) is 9.61. The van der Waals surface area contributed by atoms with Crippen LogP contribution in [0.15, 0.2) is 36.4 Å². The predicted octanol–water partition coefficient (Wildman–Crippen LogP) is 4.33. The Labute approximate surface area is 177 Å². The van der Waals surface area contributed by atoms with Gasteiger partial charge in [0.25, 0.3) is 0 Å². The van der Waals surface area contributed by atoms with Gasteiger partial charge in [-0.05, 0) is 44.0 Å². The van der Waals surface area contributed by atoms with Gasteiger partial charge in [-0.25, -0.2) is 4.79 Å². The van der Waals surface area contributed by atoms with Gasteiger partial charge in [-0.1, -0.05) is 0 Å². The summed E-state index contributed by atoms with van der Waals surface area (Å²) in [5.41, 5.74) is 1.88. The summed E-state index contributed by atoms with van der Waals surface area (Å²) in [6, 6.07) is 10.9. The highest BCUT2D eigenvalue weighted by Gasteiger charge is 2.33. The van der Waals surface area contributed by atoms with E-state index < -0.39 is 0 Å². The highest BCUT2D eigenvalue weighted by Crippen LogP contribution is 2.39. The number of methoxy groups -OCH3 is 4. The summed E-state index contributed by atoms with van der Waals surface area (Å²) in [5, 5.41) is 3.11. The number of rotatable bonds is 7. The van der Waals surface area contributed by atoms with Crippen LogP contribution in [0.2, 0.25) is 0 Å². The Morgan fingerprint density at radius 3 is 2.23 bits per heavy atom. The minimum atomic E-state index is -0.225. The van der Waals surface area contributed by atoms with Crippen LogP contribution in [0.3, 0.4) is 0 Å². The maximum Gasteiger partial charge on any atom is 0.318 e. The zero-order valence-electron chi connectivity index (χ0n) is 18.2. The summed E-state index contributed by atoms with van der Waals surface area (Å²) in [6.07, 6.45) is 1.82. The van der Waals surface area contributed by atoms with Crippen LogP contribution in [0, 0.1) is 0 Å². The summed E-state index contributed by atoms with van der Waals surface area (Å²) in [4.78, 5) is 15.0. The maximum atomic E-state index is 13.1. The van der Waals surface area contributed by atoms with E-state index in [0.717, 1.165) is 35.5 Å². The highest BCUT2D eigenvalue weighted by molar-refractivity contribution is 5.76. The number of hydrogen-bond donors (Lipinski definition) is 1. The van der Waals surface area contributed by atoms with Gasteiger partial charge in [0.15, 0.2) is 0 Å². The standard InChI is InChI=1S/C23H30N2O5/c1-15(18-10-8-16(27-2)13-21(18)29-4)24-23(26)25-12-6-7-20(25)19-11-9-17(28-3)14-22(19)30-5/h8-11,13-15,20H,6-7,12H2,1-5H3,(H,24,26). The number of carbonyl (C=O) groups excluding carboxylic acids is 1. The van der Waals surface area contributed by atoms with Crippen LogP contribution >= 0.6 is 0 Å². The van der Waals surface area contributed by atoms with Gasteiger partial charge < -0.3 is 29.2 Å². The largest absolute Gasteiger partial charge is 0.497 e. The van der Waals surface area contributed by atoms with Crippen LogP contribution in [-0.4, -0.2) is 45.9 Å². The van der Waals surface area contributed by atoms with E-state index in [1.54, 1.807) is 28.4 Å². The molecule has 7 nitrogen and oxygen atoms in total. The van der Waals surface area contributed by atoms with Gasteiger partial charge in [-0.2, -0.15) is 0 Å². The van der Waals surface area contributed by atoms with Crippen molar-refractivity contribution in [2.75, 3.05) is 35.0 Å². The third-order valence-electron chi connectivity index (χ3n) is 5.56. The molecule has 1 saturated heterocycles. The van der Waals surface area contributed by atoms with E-state index in [0.29, 0.717) is 18.0 Å². The Balaban J connectivity index is 1.78. The number of hydrogen-bond acceptors (Lipinski definition) is 5. The molecule has 7 heteroatoms. The second-order valence-electron chi connectivity index (χ2n) is 7.24. The van der Waals surface area contributed by atoms with Crippen LogP contribution in [0.25, 0.3) is 0 Å². The van der Waals surface area contributed by atoms with Crippen molar-refractivity contribution in [2.24, 2.45) is 0 Å². The van der Waals surface area contributed by atoms with Crippen molar-refractivity contribution in [3.05, 3.63) is 47.5 Å². The smallest absolute Gasteiger partial charge is 0.318 e. The van der Waals surface area contributed by atoms with Crippen molar-refractivity contribution in [1.29, 1.82) is 0 Å². The molecule has 0 saturated carbocycles. The predicted molar refractivity (Wildman–Crippen MR) is 115 cm³/mol. The Bertz CT molecular complexity index is 886. The number of benzene rings is 2. The molecular weight excluding hydrogens is 384 g/mol. The van der Waals surface area contributed by atoms with E-state index in [4.69, 9.17) is 18.9 Å². The number of amides is 2. The fourth-order valence-electron chi connectivity index (χ4n) is 3.95. The first-order chi connectivity index (χ1) is 14.5.